The summed E-state index contributed by atoms with van der Waals surface area (Å²) in [6, 6.07) is 9.77. The van der Waals surface area contributed by atoms with E-state index in [2.05, 4.69) is 27.3 Å². The minimum absolute atomic E-state index is 0.0601. The van der Waals surface area contributed by atoms with Crippen LogP contribution in [0.25, 0.3) is 10.9 Å². The average molecular weight is 281 g/mol. The SMILES string of the molecule is Nc1cc(C(=O)N2CCc3[nH]c4ccccc4c3C2)[nH]n1. The summed E-state index contributed by atoms with van der Waals surface area (Å²) in [5.74, 6) is 0.276. The minimum Gasteiger partial charge on any atom is -0.382 e. The molecule has 0 saturated heterocycles. The highest BCUT2D eigenvalue weighted by Crippen LogP contribution is 2.28. The molecular weight excluding hydrogens is 266 g/mol. The van der Waals surface area contributed by atoms with Crippen LogP contribution in [0.5, 0.6) is 0 Å². The standard InChI is InChI=1S/C15H15N5O/c16-14-7-13(18-19-14)15(21)20-6-5-12-10(8-20)9-3-1-2-4-11(9)17-12/h1-4,7,17H,5-6,8H2,(H3,16,18,19). The Morgan fingerprint density at radius 1 is 1.33 bits per heavy atom. The summed E-state index contributed by atoms with van der Waals surface area (Å²) >= 11 is 0. The van der Waals surface area contributed by atoms with Crippen molar-refractivity contribution in [3.8, 4) is 0 Å². The number of nitrogens with zero attached hydrogens (tertiary/aromatic N) is 2. The summed E-state index contributed by atoms with van der Waals surface area (Å²) in [5.41, 5.74) is 9.56. The van der Waals surface area contributed by atoms with Gasteiger partial charge in [-0.1, -0.05) is 18.2 Å². The number of anilines is 1. The second-order valence-corrected chi connectivity index (χ2v) is 5.31. The third-order valence-corrected chi connectivity index (χ3v) is 4.00. The van der Waals surface area contributed by atoms with E-state index < -0.39 is 0 Å². The molecule has 0 radical (unpaired) electrons. The molecule has 106 valence electrons. The first-order chi connectivity index (χ1) is 10.2. The maximum atomic E-state index is 12.5. The van der Waals surface area contributed by atoms with Crippen molar-refractivity contribution in [3.63, 3.8) is 0 Å². The largest absolute Gasteiger partial charge is 0.382 e. The van der Waals surface area contributed by atoms with Crippen molar-refractivity contribution in [1.29, 1.82) is 0 Å². The molecule has 0 saturated carbocycles. The van der Waals surface area contributed by atoms with E-state index in [9.17, 15) is 4.79 Å². The molecule has 6 heteroatoms. The summed E-state index contributed by atoms with van der Waals surface area (Å²) < 4.78 is 0. The predicted molar refractivity (Wildman–Crippen MR) is 79.7 cm³/mol. The van der Waals surface area contributed by atoms with Gasteiger partial charge in [0.25, 0.3) is 5.91 Å². The van der Waals surface area contributed by atoms with Gasteiger partial charge in [-0.15, -0.1) is 0 Å². The van der Waals surface area contributed by atoms with Crippen molar-refractivity contribution in [3.05, 3.63) is 47.3 Å². The van der Waals surface area contributed by atoms with Crippen LogP contribution >= 0.6 is 0 Å². The van der Waals surface area contributed by atoms with E-state index in [1.54, 1.807) is 6.07 Å². The van der Waals surface area contributed by atoms with Crippen molar-refractivity contribution in [2.45, 2.75) is 13.0 Å². The monoisotopic (exact) mass is 281 g/mol. The van der Waals surface area contributed by atoms with E-state index in [0.717, 1.165) is 11.9 Å². The van der Waals surface area contributed by atoms with Gasteiger partial charge in [0.1, 0.15) is 11.5 Å². The first-order valence-corrected chi connectivity index (χ1v) is 6.91. The third-order valence-electron chi connectivity index (χ3n) is 4.00. The van der Waals surface area contributed by atoms with Gasteiger partial charge in [0.05, 0.1) is 0 Å². The number of H-pyrrole nitrogens is 2. The molecule has 0 bridgehead atoms. The zero-order valence-corrected chi connectivity index (χ0v) is 11.4. The maximum absolute atomic E-state index is 12.5. The lowest BCUT2D eigenvalue weighted by Gasteiger charge is -2.26. The molecular formula is C15H15N5O. The Morgan fingerprint density at radius 3 is 3.00 bits per heavy atom. The number of nitrogen functional groups attached to an aromatic ring is 1. The van der Waals surface area contributed by atoms with E-state index >= 15 is 0 Å². The summed E-state index contributed by atoms with van der Waals surface area (Å²) in [6.45, 7) is 1.30. The number of para-hydroxylation sites is 1. The van der Waals surface area contributed by atoms with E-state index in [1.807, 2.05) is 17.0 Å². The van der Waals surface area contributed by atoms with Crippen molar-refractivity contribution < 1.29 is 4.79 Å². The molecule has 1 aromatic carbocycles. The second-order valence-electron chi connectivity index (χ2n) is 5.31. The van der Waals surface area contributed by atoms with Crippen molar-refractivity contribution in [2.75, 3.05) is 12.3 Å². The molecule has 4 rings (SSSR count). The van der Waals surface area contributed by atoms with Crippen LogP contribution in [0, 0.1) is 0 Å². The van der Waals surface area contributed by atoms with Crippen molar-refractivity contribution >= 4 is 22.6 Å². The van der Waals surface area contributed by atoms with Gasteiger partial charge < -0.3 is 15.6 Å². The lowest BCUT2D eigenvalue weighted by Crippen LogP contribution is -2.36. The van der Waals surface area contributed by atoms with Crippen LogP contribution in [0.2, 0.25) is 0 Å². The fourth-order valence-corrected chi connectivity index (χ4v) is 2.96. The Labute approximate surface area is 120 Å². The molecule has 1 aliphatic heterocycles. The molecule has 4 N–H and O–H groups in total. The highest BCUT2D eigenvalue weighted by atomic mass is 16.2. The quantitative estimate of drug-likeness (QED) is 0.633. The zero-order valence-electron chi connectivity index (χ0n) is 11.4. The summed E-state index contributed by atoms with van der Waals surface area (Å²) in [5, 5.41) is 7.69. The minimum atomic E-state index is -0.0601. The number of carbonyl (C=O) groups is 1. The number of fused-ring (bicyclic) bond motifs is 3. The number of hydrogen-bond donors (Lipinski definition) is 3. The molecule has 3 aromatic rings. The zero-order chi connectivity index (χ0) is 14.4. The highest BCUT2D eigenvalue weighted by molar-refractivity contribution is 5.94. The molecule has 0 atom stereocenters. The van der Waals surface area contributed by atoms with E-state index in [0.29, 0.717) is 24.6 Å². The molecule has 0 unspecified atom stereocenters. The number of amides is 1. The number of aromatic amines is 2. The number of carbonyl (C=O) groups excluding carboxylic acids is 1. The number of nitrogens with one attached hydrogen (secondary N) is 2. The maximum Gasteiger partial charge on any atom is 0.272 e. The Balaban J connectivity index is 1.68. The average Bonchev–Trinajstić information content (AvgIpc) is 3.09. The Bertz CT molecular complexity index is 832. The van der Waals surface area contributed by atoms with Crippen LogP contribution in [0.4, 0.5) is 5.82 Å². The molecule has 21 heavy (non-hydrogen) atoms. The smallest absolute Gasteiger partial charge is 0.272 e. The van der Waals surface area contributed by atoms with Gasteiger partial charge in [-0.05, 0) is 6.07 Å². The second kappa shape index (κ2) is 4.37. The van der Waals surface area contributed by atoms with Gasteiger partial charge >= 0.3 is 0 Å². The molecule has 3 heterocycles. The van der Waals surface area contributed by atoms with E-state index in [1.165, 1.54) is 16.6 Å². The van der Waals surface area contributed by atoms with Crippen LogP contribution in [0.1, 0.15) is 21.7 Å². The summed E-state index contributed by atoms with van der Waals surface area (Å²) in [4.78, 5) is 17.7. The molecule has 2 aromatic heterocycles. The number of hydrogen-bond acceptors (Lipinski definition) is 3. The normalized spacial score (nSPS) is 14.4. The van der Waals surface area contributed by atoms with Gasteiger partial charge in [0, 0.05) is 47.7 Å². The van der Waals surface area contributed by atoms with Gasteiger partial charge in [-0.25, -0.2) is 0 Å². The predicted octanol–water partition coefficient (Wildman–Crippen LogP) is 1.67. The van der Waals surface area contributed by atoms with Gasteiger partial charge in [0.15, 0.2) is 0 Å². The third kappa shape index (κ3) is 1.87. The Hall–Kier alpha value is -2.76. The van der Waals surface area contributed by atoms with Crippen LogP contribution < -0.4 is 5.73 Å². The number of rotatable bonds is 1. The van der Waals surface area contributed by atoms with Gasteiger partial charge in [-0.2, -0.15) is 5.10 Å². The van der Waals surface area contributed by atoms with Crippen LogP contribution in [-0.2, 0) is 13.0 Å². The Kier molecular flexibility index (Phi) is 2.50. The number of nitrogens with two attached hydrogens (primary N) is 1. The molecule has 0 spiro atoms. The first kappa shape index (κ1) is 12.0. The fraction of sp³-hybridized carbons (Fsp3) is 0.200. The fourth-order valence-electron chi connectivity index (χ4n) is 2.96. The van der Waals surface area contributed by atoms with Gasteiger partial charge in [-0.3, -0.25) is 9.89 Å². The molecule has 6 nitrogen and oxygen atoms in total. The van der Waals surface area contributed by atoms with Gasteiger partial charge in [0.2, 0.25) is 0 Å². The lowest BCUT2D eigenvalue weighted by atomic mass is 10.0. The number of aromatic nitrogens is 3. The molecule has 0 fully saturated rings. The lowest BCUT2D eigenvalue weighted by molar-refractivity contribution is 0.0729. The van der Waals surface area contributed by atoms with Crippen LogP contribution in [0.15, 0.2) is 30.3 Å². The van der Waals surface area contributed by atoms with E-state index in [-0.39, 0.29) is 5.91 Å². The Morgan fingerprint density at radius 2 is 2.19 bits per heavy atom. The first-order valence-electron chi connectivity index (χ1n) is 6.91. The van der Waals surface area contributed by atoms with E-state index in [4.69, 9.17) is 5.73 Å². The number of benzene rings is 1. The van der Waals surface area contributed by atoms with Crippen LogP contribution in [-0.4, -0.2) is 32.5 Å². The molecule has 1 amide bonds. The highest BCUT2D eigenvalue weighted by Gasteiger charge is 2.25. The molecule has 1 aliphatic rings. The summed E-state index contributed by atoms with van der Waals surface area (Å²) in [7, 11) is 0. The van der Waals surface area contributed by atoms with Crippen LogP contribution in [0.3, 0.4) is 0 Å². The van der Waals surface area contributed by atoms with Crippen molar-refractivity contribution in [2.24, 2.45) is 0 Å². The topological polar surface area (TPSA) is 90.8 Å². The summed E-state index contributed by atoms with van der Waals surface area (Å²) in [6.07, 6.45) is 0.833. The van der Waals surface area contributed by atoms with Crippen molar-refractivity contribution in [1.82, 2.24) is 20.1 Å². The molecule has 0 aliphatic carbocycles.